The van der Waals surface area contributed by atoms with Crippen LogP contribution in [-0.4, -0.2) is 55.6 Å². The van der Waals surface area contributed by atoms with E-state index in [1.807, 2.05) is 0 Å². The molecule has 1 unspecified atom stereocenters. The summed E-state index contributed by atoms with van der Waals surface area (Å²) in [4.78, 5) is 12.8. The van der Waals surface area contributed by atoms with Crippen molar-refractivity contribution in [2.24, 2.45) is 0 Å². The summed E-state index contributed by atoms with van der Waals surface area (Å²) >= 11 is 0. The van der Waals surface area contributed by atoms with Gasteiger partial charge >= 0.3 is 6.18 Å². The third-order valence-electron chi connectivity index (χ3n) is 4.87. The first-order valence-electron chi connectivity index (χ1n) is 10.2. The van der Waals surface area contributed by atoms with Crippen LogP contribution in [0.2, 0.25) is 0 Å². The quantitative estimate of drug-likeness (QED) is 0.448. The van der Waals surface area contributed by atoms with Gasteiger partial charge in [0, 0.05) is 25.7 Å². The lowest BCUT2D eigenvalue weighted by atomic mass is 10.2. The average Bonchev–Trinajstić information content (AvgIpc) is 2.78. The van der Waals surface area contributed by atoms with E-state index in [9.17, 15) is 13.2 Å². The number of halogens is 3. The number of ether oxygens (including phenoxy) is 4. The van der Waals surface area contributed by atoms with Gasteiger partial charge in [0.05, 0.1) is 37.0 Å². The Morgan fingerprint density at radius 2 is 1.76 bits per heavy atom. The standard InChI is InChI=1S/C22H26F3N5O4/c1-12-28-17-8-18(33-4)19(34-11-15(32-3)10-31-2)7-16(17)21(29-12)27-9-14-5-13(22(23,24)25)6-20(26)30-14/h5-8,15H,9-11H2,1-4H3,(H2,26,30)(H,27,28,29). The molecule has 12 heteroatoms. The highest BCUT2D eigenvalue weighted by molar-refractivity contribution is 5.91. The van der Waals surface area contributed by atoms with E-state index in [4.69, 9.17) is 24.7 Å². The van der Waals surface area contributed by atoms with E-state index in [0.717, 1.165) is 12.1 Å². The molecule has 1 atom stereocenters. The van der Waals surface area contributed by atoms with Crippen molar-refractivity contribution in [3.05, 3.63) is 41.3 Å². The van der Waals surface area contributed by atoms with Crippen molar-refractivity contribution in [2.75, 3.05) is 45.6 Å². The molecule has 3 aromatic rings. The van der Waals surface area contributed by atoms with E-state index >= 15 is 0 Å². The van der Waals surface area contributed by atoms with E-state index in [1.165, 1.54) is 7.11 Å². The number of hydrogen-bond acceptors (Lipinski definition) is 9. The normalized spacial score (nSPS) is 12.6. The molecule has 1 aromatic carbocycles. The number of anilines is 2. The van der Waals surface area contributed by atoms with Crippen LogP contribution in [0.25, 0.3) is 10.9 Å². The molecule has 0 fully saturated rings. The number of aromatic nitrogens is 3. The number of nitrogen functional groups attached to an aromatic ring is 1. The minimum absolute atomic E-state index is 0.0402. The summed E-state index contributed by atoms with van der Waals surface area (Å²) in [6.45, 7) is 2.21. The molecule has 9 nitrogen and oxygen atoms in total. The lowest BCUT2D eigenvalue weighted by Crippen LogP contribution is -2.25. The van der Waals surface area contributed by atoms with Crippen LogP contribution in [0.1, 0.15) is 17.1 Å². The molecule has 0 spiro atoms. The maximum absolute atomic E-state index is 13.1. The number of benzene rings is 1. The molecule has 34 heavy (non-hydrogen) atoms. The second kappa shape index (κ2) is 10.7. The van der Waals surface area contributed by atoms with E-state index in [-0.39, 0.29) is 30.8 Å². The van der Waals surface area contributed by atoms with Crippen LogP contribution in [0.4, 0.5) is 24.8 Å². The van der Waals surface area contributed by atoms with Gasteiger partial charge in [-0.3, -0.25) is 0 Å². The molecule has 184 valence electrons. The van der Waals surface area contributed by atoms with Crippen molar-refractivity contribution in [2.45, 2.75) is 25.7 Å². The summed E-state index contributed by atoms with van der Waals surface area (Å²) in [7, 11) is 4.62. The Kier molecular flexibility index (Phi) is 7.94. The van der Waals surface area contributed by atoms with E-state index in [2.05, 4.69) is 20.3 Å². The molecule has 0 bridgehead atoms. The molecule has 0 aliphatic rings. The fourth-order valence-corrected chi connectivity index (χ4v) is 3.25. The summed E-state index contributed by atoms with van der Waals surface area (Å²) in [5, 5.41) is 3.62. The van der Waals surface area contributed by atoms with Gasteiger partial charge in [-0.05, 0) is 25.1 Å². The monoisotopic (exact) mass is 481 g/mol. The van der Waals surface area contributed by atoms with Crippen LogP contribution in [0.3, 0.4) is 0 Å². The number of fused-ring (bicyclic) bond motifs is 1. The van der Waals surface area contributed by atoms with Crippen LogP contribution in [0, 0.1) is 6.92 Å². The summed E-state index contributed by atoms with van der Waals surface area (Å²) in [5.74, 6) is 1.51. The van der Waals surface area contributed by atoms with Crippen molar-refractivity contribution < 1.29 is 32.1 Å². The van der Waals surface area contributed by atoms with Crippen molar-refractivity contribution in [1.82, 2.24) is 15.0 Å². The van der Waals surface area contributed by atoms with Crippen LogP contribution in [-0.2, 0) is 22.2 Å². The van der Waals surface area contributed by atoms with Gasteiger partial charge in [0.2, 0.25) is 0 Å². The minimum atomic E-state index is -4.53. The fourth-order valence-electron chi connectivity index (χ4n) is 3.25. The van der Waals surface area contributed by atoms with E-state index < -0.39 is 11.7 Å². The first kappa shape index (κ1) is 25.2. The molecule has 2 aromatic heterocycles. The van der Waals surface area contributed by atoms with Gasteiger partial charge < -0.3 is 30.0 Å². The third-order valence-corrected chi connectivity index (χ3v) is 4.87. The number of aryl methyl sites for hydroxylation is 1. The zero-order valence-corrected chi connectivity index (χ0v) is 19.2. The lowest BCUT2D eigenvalue weighted by Gasteiger charge is -2.18. The van der Waals surface area contributed by atoms with Gasteiger partial charge in [-0.1, -0.05) is 0 Å². The number of alkyl halides is 3. The Hall–Kier alpha value is -3.38. The fraction of sp³-hybridized carbons (Fsp3) is 0.409. The van der Waals surface area contributed by atoms with Crippen molar-refractivity contribution in [1.29, 1.82) is 0 Å². The van der Waals surface area contributed by atoms with Crippen LogP contribution in [0.5, 0.6) is 11.5 Å². The molecular formula is C22H26F3N5O4. The number of rotatable bonds is 10. The Morgan fingerprint density at radius 1 is 1.00 bits per heavy atom. The molecular weight excluding hydrogens is 455 g/mol. The topological polar surface area (TPSA) is 114 Å². The van der Waals surface area contributed by atoms with E-state index in [0.29, 0.717) is 40.7 Å². The molecule has 0 aliphatic carbocycles. The van der Waals surface area contributed by atoms with Crippen molar-refractivity contribution in [3.8, 4) is 11.5 Å². The minimum Gasteiger partial charge on any atom is -0.493 e. The van der Waals surface area contributed by atoms with Gasteiger partial charge in [0.1, 0.15) is 30.2 Å². The first-order chi connectivity index (χ1) is 16.1. The third kappa shape index (κ3) is 6.14. The molecule has 0 aliphatic heterocycles. The van der Waals surface area contributed by atoms with Crippen LogP contribution >= 0.6 is 0 Å². The van der Waals surface area contributed by atoms with Gasteiger partial charge in [0.15, 0.2) is 11.5 Å². The Labute approximate surface area is 194 Å². The largest absolute Gasteiger partial charge is 0.493 e. The van der Waals surface area contributed by atoms with Crippen molar-refractivity contribution >= 4 is 22.5 Å². The lowest BCUT2D eigenvalue weighted by molar-refractivity contribution is -0.137. The SMILES string of the molecule is COCC(COc1cc2c(NCc3cc(C(F)(F)F)cc(N)n3)nc(C)nc2cc1OC)OC. The van der Waals surface area contributed by atoms with Gasteiger partial charge in [-0.25, -0.2) is 15.0 Å². The molecule has 0 amide bonds. The zero-order valence-electron chi connectivity index (χ0n) is 19.2. The van der Waals surface area contributed by atoms with E-state index in [1.54, 1.807) is 33.3 Å². The number of pyridine rings is 1. The second-order valence-corrected chi connectivity index (χ2v) is 7.39. The summed E-state index contributed by atoms with van der Waals surface area (Å²) in [6.07, 6.45) is -4.83. The molecule has 0 radical (unpaired) electrons. The number of methoxy groups -OCH3 is 3. The number of hydrogen-bond donors (Lipinski definition) is 2. The maximum atomic E-state index is 13.1. The average molecular weight is 481 g/mol. The first-order valence-corrected chi connectivity index (χ1v) is 10.2. The Morgan fingerprint density at radius 3 is 2.41 bits per heavy atom. The molecule has 0 saturated heterocycles. The number of nitrogens with one attached hydrogen (secondary N) is 1. The highest BCUT2D eigenvalue weighted by Crippen LogP contribution is 2.35. The molecule has 0 saturated carbocycles. The maximum Gasteiger partial charge on any atom is 0.416 e. The smallest absolute Gasteiger partial charge is 0.416 e. The van der Waals surface area contributed by atoms with Crippen molar-refractivity contribution in [3.63, 3.8) is 0 Å². The molecule has 2 heterocycles. The highest BCUT2D eigenvalue weighted by atomic mass is 19.4. The summed E-state index contributed by atoms with van der Waals surface area (Å²) in [6, 6.07) is 5.13. The molecule has 3 rings (SSSR count). The van der Waals surface area contributed by atoms with Gasteiger partial charge in [0.25, 0.3) is 0 Å². The Bertz CT molecular complexity index is 1140. The summed E-state index contributed by atoms with van der Waals surface area (Å²) in [5.41, 5.74) is 5.38. The number of nitrogens with two attached hydrogens (primary N) is 1. The van der Waals surface area contributed by atoms with Gasteiger partial charge in [-0.2, -0.15) is 13.2 Å². The van der Waals surface area contributed by atoms with Gasteiger partial charge in [-0.15, -0.1) is 0 Å². The zero-order chi connectivity index (χ0) is 24.9. The number of nitrogens with zero attached hydrogens (tertiary/aromatic N) is 3. The predicted molar refractivity (Wildman–Crippen MR) is 120 cm³/mol. The molecule has 3 N–H and O–H groups in total. The van der Waals surface area contributed by atoms with Crippen LogP contribution in [0.15, 0.2) is 24.3 Å². The Balaban J connectivity index is 1.92. The predicted octanol–water partition coefficient (Wildman–Crippen LogP) is 3.60. The summed E-state index contributed by atoms with van der Waals surface area (Å²) < 4.78 is 61.1. The highest BCUT2D eigenvalue weighted by Gasteiger charge is 2.31. The van der Waals surface area contributed by atoms with Crippen LogP contribution < -0.4 is 20.5 Å². The second-order valence-electron chi connectivity index (χ2n) is 7.39.